The van der Waals surface area contributed by atoms with E-state index in [2.05, 4.69) is 0 Å². The highest BCUT2D eigenvalue weighted by atomic mass is 16.4. The third-order valence-electron chi connectivity index (χ3n) is 2.36. The highest BCUT2D eigenvalue weighted by Gasteiger charge is 2.24. The molecule has 1 aliphatic rings. The molecular formula is C9H14N2O4. The van der Waals surface area contributed by atoms with E-state index in [-0.39, 0.29) is 31.2 Å². The van der Waals surface area contributed by atoms with E-state index in [1.807, 2.05) is 0 Å². The molecule has 84 valence electrons. The molecule has 6 heteroatoms. The Morgan fingerprint density at radius 1 is 1.33 bits per heavy atom. The summed E-state index contributed by atoms with van der Waals surface area (Å²) >= 11 is 0. The van der Waals surface area contributed by atoms with Crippen molar-refractivity contribution in [2.45, 2.75) is 12.8 Å². The summed E-state index contributed by atoms with van der Waals surface area (Å²) in [5.41, 5.74) is 0. The zero-order valence-corrected chi connectivity index (χ0v) is 8.60. The van der Waals surface area contributed by atoms with Gasteiger partial charge in [-0.1, -0.05) is 0 Å². The van der Waals surface area contributed by atoms with Crippen LogP contribution >= 0.6 is 0 Å². The van der Waals surface area contributed by atoms with Crippen LogP contribution < -0.4 is 0 Å². The minimum absolute atomic E-state index is 0.0354. The molecule has 2 amide bonds. The minimum atomic E-state index is -0.996. The number of carbonyl (C=O) groups excluding carboxylic acids is 2. The number of rotatable bonds is 3. The van der Waals surface area contributed by atoms with Crippen molar-refractivity contribution in [2.75, 3.05) is 26.7 Å². The van der Waals surface area contributed by atoms with Gasteiger partial charge in [-0.3, -0.25) is 14.4 Å². The van der Waals surface area contributed by atoms with E-state index in [1.54, 1.807) is 11.9 Å². The molecule has 0 aromatic heterocycles. The summed E-state index contributed by atoms with van der Waals surface area (Å²) < 4.78 is 0. The number of carboxylic acids is 1. The van der Waals surface area contributed by atoms with Crippen LogP contribution in [0.15, 0.2) is 0 Å². The second-order valence-corrected chi connectivity index (χ2v) is 3.52. The van der Waals surface area contributed by atoms with Crippen LogP contribution in [-0.2, 0) is 14.4 Å². The Hall–Kier alpha value is -1.59. The number of carboxylic acid groups (broad SMARTS) is 1. The van der Waals surface area contributed by atoms with Crippen molar-refractivity contribution < 1.29 is 19.5 Å². The van der Waals surface area contributed by atoms with Crippen LogP contribution in [0.4, 0.5) is 0 Å². The lowest BCUT2D eigenvalue weighted by Gasteiger charge is -2.31. The largest absolute Gasteiger partial charge is 0.481 e. The summed E-state index contributed by atoms with van der Waals surface area (Å²) in [5, 5.41) is 8.41. The van der Waals surface area contributed by atoms with Crippen LogP contribution in [0.2, 0.25) is 0 Å². The predicted octanol–water partition coefficient (Wildman–Crippen LogP) is -0.848. The summed E-state index contributed by atoms with van der Waals surface area (Å²) in [5.74, 6) is -1.37. The fourth-order valence-electron chi connectivity index (χ4n) is 1.34. The third kappa shape index (κ3) is 3.23. The number of hydrogen-bond donors (Lipinski definition) is 1. The van der Waals surface area contributed by atoms with Crippen LogP contribution in [0.5, 0.6) is 0 Å². The topological polar surface area (TPSA) is 77.9 Å². The molecule has 0 unspecified atom stereocenters. The molecule has 6 nitrogen and oxygen atoms in total. The van der Waals surface area contributed by atoms with E-state index in [9.17, 15) is 14.4 Å². The maximum absolute atomic E-state index is 11.4. The van der Waals surface area contributed by atoms with Gasteiger partial charge in [0.15, 0.2) is 0 Å². The third-order valence-corrected chi connectivity index (χ3v) is 2.36. The lowest BCUT2D eigenvalue weighted by molar-refractivity contribution is -0.145. The van der Waals surface area contributed by atoms with Gasteiger partial charge in [0.2, 0.25) is 11.8 Å². The van der Waals surface area contributed by atoms with E-state index in [0.29, 0.717) is 13.1 Å². The Morgan fingerprint density at radius 2 is 2.00 bits per heavy atom. The van der Waals surface area contributed by atoms with Gasteiger partial charge < -0.3 is 14.9 Å². The molecule has 0 aromatic carbocycles. The molecule has 1 saturated heterocycles. The standard InChI is InChI=1S/C9H14N2O4/c1-10-4-5-11(6-8(10)13)7(12)2-3-9(14)15/h2-6H2,1H3,(H,14,15). The first-order chi connectivity index (χ1) is 7.00. The zero-order chi connectivity index (χ0) is 11.4. The monoisotopic (exact) mass is 214 g/mol. The van der Waals surface area contributed by atoms with Gasteiger partial charge >= 0.3 is 5.97 Å². The van der Waals surface area contributed by atoms with Crippen molar-refractivity contribution in [1.82, 2.24) is 9.80 Å². The molecule has 1 fully saturated rings. The molecule has 1 N–H and O–H groups in total. The molecule has 0 atom stereocenters. The Balaban J connectivity index is 2.41. The first kappa shape index (κ1) is 11.5. The van der Waals surface area contributed by atoms with Gasteiger partial charge in [-0.05, 0) is 0 Å². The normalized spacial score (nSPS) is 16.7. The molecular weight excluding hydrogens is 200 g/mol. The SMILES string of the molecule is CN1CCN(C(=O)CCC(=O)O)CC1=O. The van der Waals surface area contributed by atoms with Crippen LogP contribution in [-0.4, -0.2) is 59.4 Å². The Morgan fingerprint density at radius 3 is 2.53 bits per heavy atom. The molecule has 1 rings (SSSR count). The van der Waals surface area contributed by atoms with Gasteiger partial charge in [-0.2, -0.15) is 0 Å². The summed E-state index contributed by atoms with van der Waals surface area (Å²) in [4.78, 5) is 35.9. The highest BCUT2D eigenvalue weighted by Crippen LogP contribution is 2.04. The molecule has 0 bridgehead atoms. The van der Waals surface area contributed by atoms with Gasteiger partial charge in [-0.25, -0.2) is 0 Å². The van der Waals surface area contributed by atoms with Crippen molar-refractivity contribution in [3.63, 3.8) is 0 Å². The molecule has 0 radical (unpaired) electrons. The van der Waals surface area contributed by atoms with E-state index < -0.39 is 5.97 Å². The van der Waals surface area contributed by atoms with Crippen molar-refractivity contribution in [1.29, 1.82) is 0 Å². The second-order valence-electron chi connectivity index (χ2n) is 3.52. The number of piperazine rings is 1. The van der Waals surface area contributed by atoms with Gasteiger partial charge in [-0.15, -0.1) is 0 Å². The van der Waals surface area contributed by atoms with Gasteiger partial charge in [0.1, 0.15) is 0 Å². The van der Waals surface area contributed by atoms with Crippen LogP contribution in [0.3, 0.4) is 0 Å². The Kier molecular flexibility index (Phi) is 3.65. The summed E-state index contributed by atoms with van der Waals surface area (Å²) in [6.45, 7) is 1.06. The summed E-state index contributed by atoms with van der Waals surface area (Å²) in [6.07, 6.45) is -0.217. The van der Waals surface area contributed by atoms with Gasteiger partial charge in [0, 0.05) is 26.6 Å². The molecule has 0 spiro atoms. The van der Waals surface area contributed by atoms with E-state index >= 15 is 0 Å². The summed E-state index contributed by atoms with van der Waals surface area (Å²) in [6, 6.07) is 0. The smallest absolute Gasteiger partial charge is 0.303 e. The maximum Gasteiger partial charge on any atom is 0.303 e. The first-order valence-corrected chi connectivity index (χ1v) is 4.74. The number of aliphatic carboxylic acids is 1. The summed E-state index contributed by atoms with van der Waals surface area (Å²) in [7, 11) is 1.68. The fraction of sp³-hybridized carbons (Fsp3) is 0.667. The molecule has 15 heavy (non-hydrogen) atoms. The average Bonchev–Trinajstić information content (AvgIpc) is 2.18. The molecule has 1 heterocycles. The highest BCUT2D eigenvalue weighted by molar-refractivity contribution is 5.87. The van der Waals surface area contributed by atoms with Gasteiger partial charge in [0.25, 0.3) is 0 Å². The number of likely N-dealkylation sites (N-methyl/N-ethyl adjacent to an activating group) is 1. The van der Waals surface area contributed by atoms with Crippen LogP contribution in [0, 0.1) is 0 Å². The van der Waals surface area contributed by atoms with Crippen molar-refractivity contribution in [3.8, 4) is 0 Å². The van der Waals surface area contributed by atoms with Crippen LogP contribution in [0.25, 0.3) is 0 Å². The van der Waals surface area contributed by atoms with Crippen LogP contribution in [0.1, 0.15) is 12.8 Å². The minimum Gasteiger partial charge on any atom is -0.481 e. The quantitative estimate of drug-likeness (QED) is 0.664. The van der Waals surface area contributed by atoms with Gasteiger partial charge in [0.05, 0.1) is 13.0 Å². The van der Waals surface area contributed by atoms with Crippen molar-refractivity contribution >= 4 is 17.8 Å². The lowest BCUT2D eigenvalue weighted by Crippen LogP contribution is -2.50. The van der Waals surface area contributed by atoms with E-state index in [1.165, 1.54) is 4.90 Å². The number of carbonyl (C=O) groups is 3. The van der Waals surface area contributed by atoms with Crippen molar-refractivity contribution in [3.05, 3.63) is 0 Å². The van der Waals surface area contributed by atoms with E-state index in [4.69, 9.17) is 5.11 Å². The molecule has 1 aliphatic heterocycles. The fourth-order valence-corrected chi connectivity index (χ4v) is 1.34. The number of nitrogens with zero attached hydrogens (tertiary/aromatic N) is 2. The average molecular weight is 214 g/mol. The molecule has 0 saturated carbocycles. The lowest BCUT2D eigenvalue weighted by atomic mass is 10.2. The number of hydrogen-bond acceptors (Lipinski definition) is 3. The molecule has 0 aromatic rings. The zero-order valence-electron chi connectivity index (χ0n) is 8.60. The maximum atomic E-state index is 11.4. The first-order valence-electron chi connectivity index (χ1n) is 4.74. The van der Waals surface area contributed by atoms with E-state index in [0.717, 1.165) is 0 Å². The number of amides is 2. The Bertz CT molecular complexity index is 290. The predicted molar refractivity (Wildman–Crippen MR) is 51.1 cm³/mol. The molecule has 0 aliphatic carbocycles. The Labute approximate surface area is 87.5 Å². The van der Waals surface area contributed by atoms with Crippen molar-refractivity contribution in [2.24, 2.45) is 0 Å². The second kappa shape index (κ2) is 4.77.